The minimum absolute atomic E-state index is 0.0220. The molecule has 0 fully saturated rings. The highest BCUT2D eigenvalue weighted by Crippen LogP contribution is 2.21. The molecule has 0 saturated carbocycles. The van der Waals surface area contributed by atoms with E-state index in [1.54, 1.807) is 19.3 Å². The van der Waals surface area contributed by atoms with Crippen LogP contribution in [-0.4, -0.2) is 57.8 Å². The average molecular weight is 332 g/mol. The van der Waals surface area contributed by atoms with Crippen molar-refractivity contribution in [2.45, 2.75) is 32.5 Å². The van der Waals surface area contributed by atoms with Gasteiger partial charge >= 0.3 is 0 Å². The highest BCUT2D eigenvalue weighted by atomic mass is 16.3. The van der Waals surface area contributed by atoms with Crippen LogP contribution in [0.5, 0.6) is 0 Å². The standard InChI is InChI=1S/C17H24N4O3/c1-12-14(5-8-24-12)17(23)20-6-4-7-21-13(10-20)9-15(18-21)16(22)11-19(2)3/h5,8-9,16,22H,4,6-7,10-11H2,1-3H3/t16-/m0/s1. The van der Waals surface area contributed by atoms with E-state index in [0.29, 0.717) is 36.7 Å². The highest BCUT2D eigenvalue weighted by Gasteiger charge is 2.25. The van der Waals surface area contributed by atoms with Crippen molar-refractivity contribution in [3.63, 3.8) is 0 Å². The van der Waals surface area contributed by atoms with Crippen LogP contribution >= 0.6 is 0 Å². The smallest absolute Gasteiger partial charge is 0.257 e. The zero-order valence-electron chi connectivity index (χ0n) is 14.4. The maximum Gasteiger partial charge on any atom is 0.257 e. The average Bonchev–Trinajstić information content (AvgIpc) is 3.07. The van der Waals surface area contributed by atoms with E-state index in [4.69, 9.17) is 4.42 Å². The van der Waals surface area contributed by atoms with Crippen LogP contribution in [0.4, 0.5) is 0 Å². The van der Waals surface area contributed by atoms with Crippen molar-refractivity contribution >= 4 is 5.91 Å². The quantitative estimate of drug-likeness (QED) is 0.917. The molecule has 1 N–H and O–H groups in total. The number of carbonyl (C=O) groups excluding carboxylic acids is 1. The molecule has 2 aromatic rings. The second-order valence-electron chi connectivity index (χ2n) is 6.53. The largest absolute Gasteiger partial charge is 0.469 e. The lowest BCUT2D eigenvalue weighted by Gasteiger charge is -2.19. The van der Waals surface area contributed by atoms with Gasteiger partial charge in [-0.15, -0.1) is 0 Å². The van der Waals surface area contributed by atoms with Gasteiger partial charge in [-0.1, -0.05) is 0 Å². The number of aryl methyl sites for hydroxylation is 2. The van der Waals surface area contributed by atoms with Crippen LogP contribution in [0.25, 0.3) is 0 Å². The van der Waals surface area contributed by atoms with Gasteiger partial charge in [-0.2, -0.15) is 5.10 Å². The number of aliphatic hydroxyl groups excluding tert-OH is 1. The number of fused-ring (bicyclic) bond motifs is 1. The van der Waals surface area contributed by atoms with Gasteiger partial charge in [0.1, 0.15) is 11.9 Å². The summed E-state index contributed by atoms with van der Waals surface area (Å²) in [6, 6.07) is 3.62. The molecule has 0 aliphatic carbocycles. The van der Waals surface area contributed by atoms with Crippen LogP contribution < -0.4 is 0 Å². The fourth-order valence-electron chi connectivity index (χ4n) is 3.04. The number of furan rings is 1. The Morgan fingerprint density at radius 2 is 2.25 bits per heavy atom. The lowest BCUT2D eigenvalue weighted by atomic mass is 10.2. The van der Waals surface area contributed by atoms with E-state index in [0.717, 1.165) is 18.7 Å². The Morgan fingerprint density at radius 3 is 2.92 bits per heavy atom. The molecule has 24 heavy (non-hydrogen) atoms. The van der Waals surface area contributed by atoms with Gasteiger partial charge in [0.2, 0.25) is 0 Å². The molecule has 7 heteroatoms. The highest BCUT2D eigenvalue weighted by molar-refractivity contribution is 5.95. The van der Waals surface area contributed by atoms with Crippen LogP contribution in [0.3, 0.4) is 0 Å². The van der Waals surface area contributed by atoms with Crippen molar-refractivity contribution in [2.24, 2.45) is 0 Å². The molecule has 3 rings (SSSR count). The zero-order chi connectivity index (χ0) is 17.3. The Balaban J connectivity index is 1.79. The van der Waals surface area contributed by atoms with Crippen LogP contribution in [-0.2, 0) is 13.1 Å². The molecule has 1 amide bonds. The first-order valence-corrected chi connectivity index (χ1v) is 8.18. The third-order valence-electron chi connectivity index (χ3n) is 4.29. The zero-order valence-corrected chi connectivity index (χ0v) is 14.4. The molecule has 2 aromatic heterocycles. The van der Waals surface area contributed by atoms with Crippen LogP contribution in [0.2, 0.25) is 0 Å². The lowest BCUT2D eigenvalue weighted by molar-refractivity contribution is 0.0744. The number of aliphatic hydroxyl groups is 1. The van der Waals surface area contributed by atoms with Gasteiger partial charge in [-0.05, 0) is 39.6 Å². The van der Waals surface area contributed by atoms with Gasteiger partial charge in [0.25, 0.3) is 5.91 Å². The number of hydrogen-bond donors (Lipinski definition) is 1. The van der Waals surface area contributed by atoms with E-state index in [1.165, 1.54) is 0 Å². The molecule has 3 heterocycles. The Morgan fingerprint density at radius 1 is 1.46 bits per heavy atom. The Labute approximate surface area is 141 Å². The molecule has 0 spiro atoms. The van der Waals surface area contributed by atoms with Gasteiger partial charge in [0.15, 0.2) is 0 Å². The molecule has 130 valence electrons. The monoisotopic (exact) mass is 332 g/mol. The van der Waals surface area contributed by atoms with Crippen molar-refractivity contribution in [3.05, 3.63) is 41.1 Å². The Kier molecular flexibility index (Phi) is 4.73. The topological polar surface area (TPSA) is 74.7 Å². The summed E-state index contributed by atoms with van der Waals surface area (Å²) < 4.78 is 7.15. The van der Waals surface area contributed by atoms with Gasteiger partial charge in [0.05, 0.1) is 29.8 Å². The molecule has 1 atom stereocenters. The number of likely N-dealkylation sites (N-methyl/N-ethyl adjacent to an activating group) is 1. The molecule has 0 bridgehead atoms. The van der Waals surface area contributed by atoms with E-state index < -0.39 is 6.10 Å². The summed E-state index contributed by atoms with van der Waals surface area (Å²) in [5.41, 5.74) is 2.22. The van der Waals surface area contributed by atoms with E-state index in [9.17, 15) is 9.90 Å². The predicted molar refractivity (Wildman–Crippen MR) is 88.5 cm³/mol. The number of carbonyl (C=O) groups is 1. The maximum absolute atomic E-state index is 12.7. The Hall–Kier alpha value is -2.12. The first-order chi connectivity index (χ1) is 11.5. The summed E-state index contributed by atoms with van der Waals surface area (Å²) >= 11 is 0. The summed E-state index contributed by atoms with van der Waals surface area (Å²) in [6.45, 7) is 4.24. The van der Waals surface area contributed by atoms with Gasteiger partial charge in [-0.3, -0.25) is 9.48 Å². The SMILES string of the molecule is Cc1occc1C(=O)N1CCCn2nc([C@@H](O)CN(C)C)cc2C1. The number of aromatic nitrogens is 2. The van der Waals surface area contributed by atoms with Crippen molar-refractivity contribution in [1.29, 1.82) is 0 Å². The number of hydrogen-bond acceptors (Lipinski definition) is 5. The third kappa shape index (κ3) is 3.37. The van der Waals surface area contributed by atoms with Gasteiger partial charge < -0.3 is 19.3 Å². The molecular formula is C17H24N4O3. The molecule has 0 saturated heterocycles. The van der Waals surface area contributed by atoms with Gasteiger partial charge in [0, 0.05) is 19.6 Å². The molecule has 0 aromatic carbocycles. The second-order valence-corrected chi connectivity index (χ2v) is 6.53. The molecule has 1 aliphatic rings. The fraction of sp³-hybridized carbons (Fsp3) is 0.529. The van der Waals surface area contributed by atoms with E-state index in [2.05, 4.69) is 5.10 Å². The molecule has 7 nitrogen and oxygen atoms in total. The summed E-state index contributed by atoms with van der Waals surface area (Å²) in [7, 11) is 3.83. The lowest BCUT2D eigenvalue weighted by Crippen LogP contribution is -2.30. The van der Waals surface area contributed by atoms with Crippen LogP contribution in [0, 0.1) is 6.92 Å². The van der Waals surface area contributed by atoms with E-state index in [1.807, 2.05) is 34.6 Å². The summed E-state index contributed by atoms with van der Waals surface area (Å²) in [5, 5.41) is 14.8. The summed E-state index contributed by atoms with van der Waals surface area (Å²) in [5.74, 6) is 0.617. The number of nitrogens with zero attached hydrogens (tertiary/aromatic N) is 4. The van der Waals surface area contributed by atoms with Crippen molar-refractivity contribution < 1.29 is 14.3 Å². The van der Waals surface area contributed by atoms with E-state index >= 15 is 0 Å². The first-order valence-electron chi connectivity index (χ1n) is 8.18. The van der Waals surface area contributed by atoms with Crippen LogP contribution in [0.15, 0.2) is 22.8 Å². The molecule has 0 radical (unpaired) electrons. The minimum Gasteiger partial charge on any atom is -0.469 e. The normalized spacial score (nSPS) is 16.1. The summed E-state index contributed by atoms with van der Waals surface area (Å²) in [6.07, 6.45) is 1.75. The maximum atomic E-state index is 12.7. The Bertz CT molecular complexity index is 719. The van der Waals surface area contributed by atoms with Crippen LogP contribution in [0.1, 0.15) is 40.0 Å². The predicted octanol–water partition coefficient (Wildman–Crippen LogP) is 1.43. The number of rotatable bonds is 4. The van der Waals surface area contributed by atoms with Gasteiger partial charge in [-0.25, -0.2) is 0 Å². The first kappa shape index (κ1) is 16.7. The molecule has 0 unspecified atom stereocenters. The van der Waals surface area contributed by atoms with Crippen molar-refractivity contribution in [1.82, 2.24) is 19.6 Å². The summed E-state index contributed by atoms with van der Waals surface area (Å²) in [4.78, 5) is 16.5. The second kappa shape index (κ2) is 6.78. The van der Waals surface area contributed by atoms with E-state index in [-0.39, 0.29) is 5.91 Å². The molecular weight excluding hydrogens is 308 g/mol. The third-order valence-corrected chi connectivity index (χ3v) is 4.29. The fourth-order valence-corrected chi connectivity index (χ4v) is 3.04. The number of amides is 1. The minimum atomic E-state index is -0.625. The van der Waals surface area contributed by atoms with Crippen molar-refractivity contribution in [2.75, 3.05) is 27.2 Å². The van der Waals surface area contributed by atoms with Crippen molar-refractivity contribution in [3.8, 4) is 0 Å². The molecule has 1 aliphatic heterocycles.